The number of methoxy groups -OCH3 is 1. The van der Waals surface area contributed by atoms with Gasteiger partial charge in [0.2, 0.25) is 0 Å². The second-order valence-corrected chi connectivity index (χ2v) is 4.73. The summed E-state index contributed by atoms with van der Waals surface area (Å²) in [7, 11) is 1.68. The monoisotopic (exact) mass is 271 g/mol. The van der Waals surface area contributed by atoms with Gasteiger partial charge in [-0.25, -0.2) is 0 Å². The van der Waals surface area contributed by atoms with Gasteiger partial charge in [-0.1, -0.05) is 36.4 Å². The minimum atomic E-state index is 0.0648. The maximum atomic E-state index is 6.16. The van der Waals surface area contributed by atoms with E-state index in [1.54, 1.807) is 7.11 Å². The summed E-state index contributed by atoms with van der Waals surface area (Å²) in [4.78, 5) is 0. The lowest BCUT2D eigenvalue weighted by Crippen LogP contribution is -2.25. The third-order valence-corrected chi connectivity index (χ3v) is 3.18. The molecule has 20 heavy (non-hydrogen) atoms. The number of para-hydroxylation sites is 2. The lowest BCUT2D eigenvalue weighted by atomic mass is 10.0. The highest BCUT2D eigenvalue weighted by molar-refractivity contribution is 5.33. The summed E-state index contributed by atoms with van der Waals surface area (Å²) in [5, 5.41) is 0. The zero-order valence-corrected chi connectivity index (χ0v) is 11.8. The molecule has 2 rings (SSSR count). The quantitative estimate of drug-likeness (QED) is 0.842. The molecule has 1 atom stereocenters. The van der Waals surface area contributed by atoms with Crippen LogP contribution in [0.2, 0.25) is 0 Å². The Labute approximate surface area is 120 Å². The van der Waals surface area contributed by atoms with E-state index in [0.29, 0.717) is 6.61 Å². The Hall–Kier alpha value is -2.00. The van der Waals surface area contributed by atoms with Gasteiger partial charge < -0.3 is 15.2 Å². The molecule has 2 N–H and O–H groups in total. The average molecular weight is 271 g/mol. The van der Waals surface area contributed by atoms with Crippen LogP contribution in [0.15, 0.2) is 54.6 Å². The van der Waals surface area contributed by atoms with E-state index in [-0.39, 0.29) is 6.04 Å². The molecule has 0 aromatic heterocycles. The third kappa shape index (κ3) is 4.28. The molecule has 3 nitrogen and oxygen atoms in total. The maximum absolute atomic E-state index is 6.16. The highest BCUT2D eigenvalue weighted by atomic mass is 16.5. The number of nitrogens with two attached hydrogens (primary N) is 1. The Morgan fingerprint density at radius 3 is 2.45 bits per heavy atom. The van der Waals surface area contributed by atoms with Gasteiger partial charge in [0.1, 0.15) is 11.5 Å². The van der Waals surface area contributed by atoms with Crippen molar-refractivity contribution >= 4 is 0 Å². The van der Waals surface area contributed by atoms with Gasteiger partial charge in [0.15, 0.2) is 0 Å². The first-order valence-corrected chi connectivity index (χ1v) is 6.85. The van der Waals surface area contributed by atoms with Crippen molar-refractivity contribution < 1.29 is 9.47 Å². The molecule has 0 aliphatic heterocycles. The van der Waals surface area contributed by atoms with Crippen LogP contribution in [-0.2, 0) is 6.42 Å². The molecule has 3 heteroatoms. The second kappa shape index (κ2) is 7.56. The molecule has 0 heterocycles. The summed E-state index contributed by atoms with van der Waals surface area (Å²) >= 11 is 0. The van der Waals surface area contributed by atoms with Crippen molar-refractivity contribution in [2.24, 2.45) is 5.73 Å². The van der Waals surface area contributed by atoms with Gasteiger partial charge in [0.05, 0.1) is 13.7 Å². The molecule has 0 bridgehead atoms. The van der Waals surface area contributed by atoms with Gasteiger partial charge in [-0.3, -0.25) is 0 Å². The van der Waals surface area contributed by atoms with Crippen molar-refractivity contribution in [2.45, 2.75) is 18.9 Å². The molecule has 0 saturated carbocycles. The Kier molecular flexibility index (Phi) is 5.44. The van der Waals surface area contributed by atoms with Crippen molar-refractivity contribution in [1.82, 2.24) is 0 Å². The minimum absolute atomic E-state index is 0.0648. The fourth-order valence-corrected chi connectivity index (χ4v) is 2.10. The molecule has 2 aromatic rings. The molecule has 0 saturated heterocycles. The fourth-order valence-electron chi connectivity index (χ4n) is 2.10. The highest BCUT2D eigenvalue weighted by Crippen LogP contribution is 2.19. The summed E-state index contributed by atoms with van der Waals surface area (Å²) in [6, 6.07) is 17.8. The third-order valence-electron chi connectivity index (χ3n) is 3.18. The zero-order chi connectivity index (χ0) is 14.2. The molecular weight excluding hydrogens is 250 g/mol. The van der Waals surface area contributed by atoms with Crippen LogP contribution in [0.4, 0.5) is 0 Å². The van der Waals surface area contributed by atoms with E-state index in [2.05, 4.69) is 6.07 Å². The molecule has 0 radical (unpaired) electrons. The van der Waals surface area contributed by atoms with Crippen LogP contribution in [0.3, 0.4) is 0 Å². The molecule has 0 spiro atoms. The van der Waals surface area contributed by atoms with E-state index in [4.69, 9.17) is 15.2 Å². The topological polar surface area (TPSA) is 44.5 Å². The van der Waals surface area contributed by atoms with Gasteiger partial charge in [0.25, 0.3) is 0 Å². The van der Waals surface area contributed by atoms with Gasteiger partial charge in [-0.05, 0) is 36.6 Å². The van der Waals surface area contributed by atoms with Gasteiger partial charge in [0, 0.05) is 6.04 Å². The van der Waals surface area contributed by atoms with E-state index >= 15 is 0 Å². The minimum Gasteiger partial charge on any atom is -0.496 e. The van der Waals surface area contributed by atoms with Crippen molar-refractivity contribution in [2.75, 3.05) is 13.7 Å². The normalized spacial score (nSPS) is 11.9. The molecular formula is C17H21NO2. The summed E-state index contributed by atoms with van der Waals surface area (Å²) in [5.74, 6) is 1.78. The van der Waals surface area contributed by atoms with E-state index in [0.717, 1.165) is 29.9 Å². The summed E-state index contributed by atoms with van der Waals surface area (Å²) < 4.78 is 11.0. The van der Waals surface area contributed by atoms with Crippen LogP contribution in [0.1, 0.15) is 12.0 Å². The van der Waals surface area contributed by atoms with Crippen LogP contribution in [-0.4, -0.2) is 19.8 Å². The standard InChI is InChI=1S/C17H21NO2/c1-19-17-10-6-5-7-14(17)13-15(18)11-12-20-16-8-3-2-4-9-16/h2-10,15H,11-13,18H2,1H3. The first kappa shape index (κ1) is 14.4. The molecule has 2 aromatic carbocycles. The lowest BCUT2D eigenvalue weighted by molar-refractivity contribution is 0.296. The molecule has 1 unspecified atom stereocenters. The lowest BCUT2D eigenvalue weighted by Gasteiger charge is -2.14. The number of rotatable bonds is 7. The van der Waals surface area contributed by atoms with Gasteiger partial charge >= 0.3 is 0 Å². The summed E-state index contributed by atoms with van der Waals surface area (Å²) in [6.07, 6.45) is 1.61. The van der Waals surface area contributed by atoms with Crippen molar-refractivity contribution in [3.63, 3.8) is 0 Å². The Balaban J connectivity index is 1.79. The second-order valence-electron chi connectivity index (χ2n) is 4.73. The van der Waals surface area contributed by atoms with Crippen LogP contribution in [0.5, 0.6) is 11.5 Å². The van der Waals surface area contributed by atoms with E-state index < -0.39 is 0 Å². The number of hydrogen-bond donors (Lipinski definition) is 1. The zero-order valence-electron chi connectivity index (χ0n) is 11.8. The largest absolute Gasteiger partial charge is 0.496 e. The Morgan fingerprint density at radius 1 is 1.00 bits per heavy atom. The van der Waals surface area contributed by atoms with Crippen LogP contribution >= 0.6 is 0 Å². The van der Waals surface area contributed by atoms with Crippen molar-refractivity contribution in [3.8, 4) is 11.5 Å². The van der Waals surface area contributed by atoms with Gasteiger partial charge in [-0.2, -0.15) is 0 Å². The van der Waals surface area contributed by atoms with Crippen LogP contribution in [0.25, 0.3) is 0 Å². The predicted molar refractivity (Wildman–Crippen MR) is 81.2 cm³/mol. The first-order valence-electron chi connectivity index (χ1n) is 6.85. The molecule has 0 aliphatic carbocycles. The Bertz CT molecular complexity index is 513. The summed E-state index contributed by atoms with van der Waals surface area (Å²) in [6.45, 7) is 0.625. The molecule has 0 fully saturated rings. The van der Waals surface area contributed by atoms with Gasteiger partial charge in [-0.15, -0.1) is 0 Å². The highest BCUT2D eigenvalue weighted by Gasteiger charge is 2.08. The van der Waals surface area contributed by atoms with Crippen molar-refractivity contribution in [3.05, 3.63) is 60.2 Å². The smallest absolute Gasteiger partial charge is 0.122 e. The van der Waals surface area contributed by atoms with E-state index in [9.17, 15) is 0 Å². The number of hydrogen-bond acceptors (Lipinski definition) is 3. The molecule has 106 valence electrons. The fraction of sp³-hybridized carbons (Fsp3) is 0.294. The summed E-state index contributed by atoms with van der Waals surface area (Å²) in [5.41, 5.74) is 7.30. The van der Waals surface area contributed by atoms with Crippen molar-refractivity contribution in [1.29, 1.82) is 0 Å². The predicted octanol–water partition coefficient (Wildman–Crippen LogP) is 3.03. The van der Waals surface area contributed by atoms with E-state index in [1.165, 1.54) is 0 Å². The number of ether oxygens (including phenoxy) is 2. The Morgan fingerprint density at radius 2 is 1.70 bits per heavy atom. The first-order chi connectivity index (χ1) is 9.79. The van der Waals surface area contributed by atoms with Crippen LogP contribution in [0, 0.1) is 0 Å². The molecule has 0 aliphatic rings. The maximum Gasteiger partial charge on any atom is 0.122 e. The number of benzene rings is 2. The van der Waals surface area contributed by atoms with Crippen LogP contribution < -0.4 is 15.2 Å². The average Bonchev–Trinajstić information content (AvgIpc) is 2.49. The van der Waals surface area contributed by atoms with E-state index in [1.807, 2.05) is 48.5 Å². The SMILES string of the molecule is COc1ccccc1CC(N)CCOc1ccccc1. The molecule has 0 amide bonds.